The molecule has 8 nitrogen and oxygen atoms in total. The molecule has 1 N–H and O–H groups in total. The number of carbonyl (C=O) groups is 2. The lowest BCUT2D eigenvalue weighted by Gasteiger charge is -2.25. The first-order chi connectivity index (χ1) is 15.1. The molecule has 0 saturated carbocycles. The zero-order chi connectivity index (χ0) is 21.6. The van der Waals surface area contributed by atoms with Gasteiger partial charge in [0.05, 0.1) is 18.3 Å². The average Bonchev–Trinajstić information content (AvgIpc) is 3.40. The molecule has 0 aromatic carbocycles. The van der Waals surface area contributed by atoms with Crippen molar-refractivity contribution in [1.82, 2.24) is 19.8 Å². The number of aromatic nitrogens is 2. The standard InChI is InChI=1S/C23H29N5O3/c1-17-6-2-9-20(24-17)26-21-10-3-7-18(25-21)19-8-4-13-28(19)23(30)16-31-15-14-27-12-5-11-22(27)29/h2-3,6-7,9-10,19H,4-5,8,11-16H2,1H3,(H,24,25,26)/t19-/m1/s1. The molecule has 2 fully saturated rings. The Morgan fingerprint density at radius 1 is 1.13 bits per heavy atom. The van der Waals surface area contributed by atoms with Gasteiger partial charge in [0, 0.05) is 31.7 Å². The summed E-state index contributed by atoms with van der Waals surface area (Å²) in [6, 6.07) is 11.6. The third-order valence-corrected chi connectivity index (χ3v) is 5.73. The number of pyridine rings is 2. The van der Waals surface area contributed by atoms with Gasteiger partial charge in [0.1, 0.15) is 18.2 Å². The van der Waals surface area contributed by atoms with Gasteiger partial charge < -0.3 is 19.9 Å². The summed E-state index contributed by atoms with van der Waals surface area (Å²) >= 11 is 0. The Morgan fingerprint density at radius 2 is 1.94 bits per heavy atom. The van der Waals surface area contributed by atoms with Gasteiger partial charge in [-0.15, -0.1) is 0 Å². The molecule has 0 unspecified atom stereocenters. The van der Waals surface area contributed by atoms with Crippen molar-refractivity contribution < 1.29 is 14.3 Å². The van der Waals surface area contributed by atoms with Crippen molar-refractivity contribution in [1.29, 1.82) is 0 Å². The van der Waals surface area contributed by atoms with Gasteiger partial charge in [0.15, 0.2) is 0 Å². The van der Waals surface area contributed by atoms with Crippen LogP contribution < -0.4 is 5.32 Å². The molecule has 0 spiro atoms. The molecule has 2 saturated heterocycles. The number of hydrogen-bond donors (Lipinski definition) is 1. The van der Waals surface area contributed by atoms with Crippen LogP contribution in [0, 0.1) is 6.92 Å². The third kappa shape index (κ3) is 5.38. The average molecular weight is 424 g/mol. The highest BCUT2D eigenvalue weighted by Crippen LogP contribution is 2.31. The molecule has 8 heteroatoms. The molecule has 2 amide bonds. The minimum Gasteiger partial charge on any atom is -0.370 e. The van der Waals surface area contributed by atoms with Crippen molar-refractivity contribution >= 4 is 23.5 Å². The first-order valence-corrected chi connectivity index (χ1v) is 10.9. The summed E-state index contributed by atoms with van der Waals surface area (Å²) < 4.78 is 5.59. The number of amides is 2. The molecular weight excluding hydrogens is 394 g/mol. The SMILES string of the molecule is Cc1cccc(Nc2cccc([C@H]3CCCN3C(=O)COCCN3CCCC3=O)n2)n1. The number of rotatable bonds is 8. The van der Waals surface area contributed by atoms with Gasteiger partial charge in [0.25, 0.3) is 0 Å². The number of nitrogens with zero attached hydrogens (tertiary/aromatic N) is 4. The third-order valence-electron chi connectivity index (χ3n) is 5.73. The first-order valence-electron chi connectivity index (χ1n) is 10.9. The highest BCUT2D eigenvalue weighted by molar-refractivity contribution is 5.78. The number of ether oxygens (including phenoxy) is 1. The zero-order valence-electron chi connectivity index (χ0n) is 17.9. The van der Waals surface area contributed by atoms with Crippen molar-refractivity contribution in [3.63, 3.8) is 0 Å². The fourth-order valence-electron chi connectivity index (χ4n) is 4.18. The van der Waals surface area contributed by atoms with Crippen LogP contribution in [-0.4, -0.2) is 64.4 Å². The highest BCUT2D eigenvalue weighted by Gasteiger charge is 2.31. The summed E-state index contributed by atoms with van der Waals surface area (Å²) in [5.74, 6) is 1.60. The monoisotopic (exact) mass is 423 g/mol. The lowest BCUT2D eigenvalue weighted by molar-refractivity contribution is -0.137. The van der Waals surface area contributed by atoms with E-state index >= 15 is 0 Å². The largest absolute Gasteiger partial charge is 0.370 e. The number of aryl methyl sites for hydroxylation is 1. The molecule has 0 aliphatic carbocycles. The van der Waals surface area contributed by atoms with E-state index in [2.05, 4.69) is 10.3 Å². The van der Waals surface area contributed by atoms with E-state index in [9.17, 15) is 9.59 Å². The summed E-state index contributed by atoms with van der Waals surface area (Å²) in [4.78, 5) is 37.3. The molecule has 1 atom stereocenters. The Labute approximate surface area is 182 Å². The lowest BCUT2D eigenvalue weighted by atomic mass is 10.1. The predicted octanol–water partition coefficient (Wildman–Crippen LogP) is 2.83. The number of nitrogens with one attached hydrogen (secondary N) is 1. The molecule has 2 aromatic rings. The van der Waals surface area contributed by atoms with E-state index in [1.807, 2.05) is 48.2 Å². The highest BCUT2D eigenvalue weighted by atomic mass is 16.5. The zero-order valence-corrected chi connectivity index (χ0v) is 17.9. The molecule has 4 heterocycles. The molecule has 2 aromatic heterocycles. The van der Waals surface area contributed by atoms with Crippen LogP contribution in [-0.2, 0) is 14.3 Å². The summed E-state index contributed by atoms with van der Waals surface area (Å²) in [5, 5.41) is 3.24. The Hall–Kier alpha value is -3.00. The van der Waals surface area contributed by atoms with Crippen molar-refractivity contribution in [2.45, 2.75) is 38.6 Å². The Balaban J connectivity index is 1.33. The first kappa shape index (κ1) is 21.2. The van der Waals surface area contributed by atoms with E-state index in [1.54, 1.807) is 4.90 Å². The van der Waals surface area contributed by atoms with Gasteiger partial charge in [-0.2, -0.15) is 0 Å². The van der Waals surface area contributed by atoms with E-state index in [4.69, 9.17) is 9.72 Å². The molecule has 31 heavy (non-hydrogen) atoms. The Kier molecular flexibility index (Phi) is 6.76. The summed E-state index contributed by atoms with van der Waals surface area (Å²) in [6.07, 6.45) is 3.36. The lowest BCUT2D eigenvalue weighted by Crippen LogP contribution is -2.35. The van der Waals surface area contributed by atoms with Crippen LogP contribution in [0.5, 0.6) is 0 Å². The van der Waals surface area contributed by atoms with Gasteiger partial charge in [-0.05, 0) is 50.5 Å². The number of carbonyl (C=O) groups excluding carboxylic acids is 2. The van der Waals surface area contributed by atoms with E-state index in [0.717, 1.165) is 43.0 Å². The summed E-state index contributed by atoms with van der Waals surface area (Å²) in [7, 11) is 0. The minimum absolute atomic E-state index is 0.0314. The van der Waals surface area contributed by atoms with E-state index < -0.39 is 0 Å². The van der Waals surface area contributed by atoms with Crippen LogP contribution >= 0.6 is 0 Å². The van der Waals surface area contributed by atoms with Crippen LogP contribution in [0.2, 0.25) is 0 Å². The molecule has 2 aliphatic rings. The number of anilines is 2. The van der Waals surface area contributed by atoms with Crippen molar-refractivity contribution in [3.05, 3.63) is 47.8 Å². The maximum atomic E-state index is 12.8. The molecule has 4 rings (SSSR count). The van der Waals surface area contributed by atoms with Gasteiger partial charge in [-0.3, -0.25) is 9.59 Å². The normalized spacial score (nSPS) is 18.6. The summed E-state index contributed by atoms with van der Waals surface area (Å²) in [6.45, 7) is 4.41. The quantitative estimate of drug-likeness (QED) is 0.657. The van der Waals surface area contributed by atoms with E-state index in [0.29, 0.717) is 31.9 Å². The second-order valence-electron chi connectivity index (χ2n) is 8.02. The van der Waals surface area contributed by atoms with Crippen LogP contribution in [0.4, 0.5) is 11.6 Å². The minimum atomic E-state index is -0.0523. The summed E-state index contributed by atoms with van der Waals surface area (Å²) in [5.41, 5.74) is 1.80. The van der Waals surface area contributed by atoms with Gasteiger partial charge in [-0.25, -0.2) is 9.97 Å². The smallest absolute Gasteiger partial charge is 0.249 e. The van der Waals surface area contributed by atoms with Crippen LogP contribution in [0.3, 0.4) is 0 Å². The second kappa shape index (κ2) is 9.87. The predicted molar refractivity (Wildman–Crippen MR) is 117 cm³/mol. The van der Waals surface area contributed by atoms with E-state index in [-0.39, 0.29) is 24.5 Å². The maximum absolute atomic E-state index is 12.8. The van der Waals surface area contributed by atoms with Crippen LogP contribution in [0.15, 0.2) is 36.4 Å². The van der Waals surface area contributed by atoms with Crippen LogP contribution in [0.1, 0.15) is 43.1 Å². The number of hydrogen-bond acceptors (Lipinski definition) is 6. The van der Waals surface area contributed by atoms with Crippen molar-refractivity contribution in [2.24, 2.45) is 0 Å². The Morgan fingerprint density at radius 3 is 2.71 bits per heavy atom. The van der Waals surface area contributed by atoms with Gasteiger partial charge in [0.2, 0.25) is 11.8 Å². The topological polar surface area (TPSA) is 87.7 Å². The fourth-order valence-corrected chi connectivity index (χ4v) is 4.18. The fraction of sp³-hybridized carbons (Fsp3) is 0.478. The van der Waals surface area contributed by atoms with Crippen molar-refractivity contribution in [2.75, 3.05) is 38.2 Å². The van der Waals surface area contributed by atoms with Gasteiger partial charge in [-0.1, -0.05) is 12.1 Å². The molecule has 164 valence electrons. The number of likely N-dealkylation sites (tertiary alicyclic amines) is 2. The molecule has 0 bridgehead atoms. The molecule has 0 radical (unpaired) electrons. The van der Waals surface area contributed by atoms with Crippen LogP contribution in [0.25, 0.3) is 0 Å². The molecule has 2 aliphatic heterocycles. The van der Waals surface area contributed by atoms with E-state index in [1.165, 1.54) is 0 Å². The Bertz CT molecular complexity index is 935. The molecular formula is C23H29N5O3. The second-order valence-corrected chi connectivity index (χ2v) is 8.02. The van der Waals surface area contributed by atoms with Crippen molar-refractivity contribution in [3.8, 4) is 0 Å². The van der Waals surface area contributed by atoms with Gasteiger partial charge >= 0.3 is 0 Å². The maximum Gasteiger partial charge on any atom is 0.249 e.